The highest BCUT2D eigenvalue weighted by Gasteiger charge is 2.29. The van der Waals surface area contributed by atoms with Crippen LogP contribution in [0.3, 0.4) is 0 Å². The molecule has 2 nitrogen and oxygen atoms in total. The summed E-state index contributed by atoms with van der Waals surface area (Å²) in [7, 11) is 2.21. The number of nitrogens with one attached hydrogen (secondary N) is 2. The Kier molecular flexibility index (Phi) is 3.41. The lowest BCUT2D eigenvalue weighted by Gasteiger charge is -2.15. The Morgan fingerprint density at radius 3 is 1.05 bits per heavy atom. The van der Waals surface area contributed by atoms with Gasteiger partial charge in [-0.05, 0) is 0 Å². The number of halogens is 6. The number of hydrogen-bond acceptors (Lipinski definition) is 2. The summed E-state index contributed by atoms with van der Waals surface area (Å²) in [6.45, 7) is 0. The van der Waals surface area contributed by atoms with Gasteiger partial charge in [0.1, 0.15) is 0 Å². The molecule has 0 unspecified atom stereocenters. The van der Waals surface area contributed by atoms with Crippen molar-refractivity contribution >= 4 is 22.1 Å². The SMILES string of the molecule is CNc1c(F)c(F)c(F)c2c(NC)c(F)c(F)c(F)c12. The van der Waals surface area contributed by atoms with Crippen LogP contribution in [0.5, 0.6) is 0 Å². The third-order valence-electron chi connectivity index (χ3n) is 2.90. The molecule has 0 aromatic heterocycles. The van der Waals surface area contributed by atoms with E-state index < -0.39 is 57.1 Å². The summed E-state index contributed by atoms with van der Waals surface area (Å²) in [5, 5.41) is 2.39. The van der Waals surface area contributed by atoms with E-state index in [-0.39, 0.29) is 0 Å². The number of benzene rings is 2. The lowest BCUT2D eigenvalue weighted by molar-refractivity contribution is 0.444. The van der Waals surface area contributed by atoms with Crippen molar-refractivity contribution in [2.75, 3.05) is 24.7 Å². The van der Waals surface area contributed by atoms with Crippen LogP contribution < -0.4 is 10.6 Å². The lowest BCUT2D eigenvalue weighted by Crippen LogP contribution is -2.08. The Labute approximate surface area is 109 Å². The molecule has 2 aromatic carbocycles. The van der Waals surface area contributed by atoms with Crippen molar-refractivity contribution in [2.24, 2.45) is 0 Å². The number of hydrogen-bond donors (Lipinski definition) is 2. The van der Waals surface area contributed by atoms with Crippen molar-refractivity contribution in [3.05, 3.63) is 34.9 Å². The molecule has 0 amide bonds. The summed E-state index contributed by atoms with van der Waals surface area (Å²) in [5.41, 5.74) is -1.60. The minimum absolute atomic E-state index is 0.799. The van der Waals surface area contributed by atoms with Gasteiger partial charge in [-0.25, -0.2) is 26.3 Å². The van der Waals surface area contributed by atoms with Gasteiger partial charge in [0, 0.05) is 14.1 Å². The van der Waals surface area contributed by atoms with Gasteiger partial charge in [-0.2, -0.15) is 0 Å². The molecular formula is C12H8F6N2. The fourth-order valence-corrected chi connectivity index (χ4v) is 2.01. The first-order valence-electron chi connectivity index (χ1n) is 5.38. The largest absolute Gasteiger partial charge is 0.385 e. The predicted octanol–water partition coefficient (Wildman–Crippen LogP) is 3.76. The van der Waals surface area contributed by atoms with Crippen LogP contribution in [0.25, 0.3) is 10.8 Å². The Balaban J connectivity index is 3.21. The molecule has 0 radical (unpaired) electrons. The molecular weight excluding hydrogens is 286 g/mol. The summed E-state index contributed by atoms with van der Waals surface area (Å²) in [5.74, 6) is -10.9. The van der Waals surface area contributed by atoms with Crippen molar-refractivity contribution in [3.8, 4) is 0 Å². The highest BCUT2D eigenvalue weighted by atomic mass is 19.2. The molecule has 20 heavy (non-hydrogen) atoms. The molecule has 0 heterocycles. The van der Waals surface area contributed by atoms with Crippen LogP contribution in [0, 0.1) is 34.9 Å². The van der Waals surface area contributed by atoms with E-state index >= 15 is 0 Å². The van der Waals surface area contributed by atoms with Crippen molar-refractivity contribution in [3.63, 3.8) is 0 Å². The summed E-state index contributed by atoms with van der Waals surface area (Å²) < 4.78 is 81.5. The first kappa shape index (κ1) is 14.3. The normalized spacial score (nSPS) is 11.0. The first-order chi connectivity index (χ1) is 9.36. The van der Waals surface area contributed by atoms with E-state index in [4.69, 9.17) is 0 Å². The maximum atomic E-state index is 13.8. The van der Waals surface area contributed by atoms with Gasteiger partial charge in [-0.3, -0.25) is 0 Å². The fraction of sp³-hybridized carbons (Fsp3) is 0.167. The van der Waals surface area contributed by atoms with Gasteiger partial charge < -0.3 is 10.6 Å². The van der Waals surface area contributed by atoms with Crippen molar-refractivity contribution in [1.29, 1.82) is 0 Å². The van der Waals surface area contributed by atoms with Gasteiger partial charge in [-0.15, -0.1) is 0 Å². The van der Waals surface area contributed by atoms with Crippen LogP contribution in [0.1, 0.15) is 0 Å². The zero-order chi connectivity index (χ0) is 15.2. The molecule has 0 aliphatic heterocycles. The molecule has 0 fully saturated rings. The van der Waals surface area contributed by atoms with Crippen LogP contribution in [-0.4, -0.2) is 14.1 Å². The lowest BCUT2D eigenvalue weighted by atomic mass is 10.0. The van der Waals surface area contributed by atoms with E-state index in [0.717, 1.165) is 14.1 Å². The molecule has 0 spiro atoms. The molecule has 0 aliphatic carbocycles. The van der Waals surface area contributed by atoms with E-state index in [0.29, 0.717) is 0 Å². The molecule has 0 atom stereocenters. The quantitative estimate of drug-likeness (QED) is 0.651. The molecule has 108 valence electrons. The van der Waals surface area contributed by atoms with Crippen LogP contribution in [0.2, 0.25) is 0 Å². The topological polar surface area (TPSA) is 24.1 Å². The fourth-order valence-electron chi connectivity index (χ4n) is 2.01. The average Bonchev–Trinajstić information content (AvgIpc) is 2.44. The zero-order valence-corrected chi connectivity index (χ0v) is 10.3. The first-order valence-corrected chi connectivity index (χ1v) is 5.38. The van der Waals surface area contributed by atoms with E-state index in [9.17, 15) is 26.3 Å². The molecule has 2 aromatic rings. The van der Waals surface area contributed by atoms with Crippen LogP contribution in [-0.2, 0) is 0 Å². The van der Waals surface area contributed by atoms with E-state index in [1.54, 1.807) is 0 Å². The Morgan fingerprint density at radius 1 is 0.500 bits per heavy atom. The Bertz CT molecular complexity index is 652. The standard InChI is InChI=1S/C12H8F6N2/c1-19-11-3-4(6(14)7(15)9(11)17)12(20-2)10(18)8(16)5(3)13/h19-20H,1-2H3. The molecule has 2 rings (SSSR count). The minimum Gasteiger partial charge on any atom is -0.385 e. The molecule has 8 heteroatoms. The second-order valence-corrected chi connectivity index (χ2v) is 3.88. The molecule has 0 bridgehead atoms. The average molecular weight is 294 g/mol. The summed E-state index contributed by atoms with van der Waals surface area (Å²) in [6, 6.07) is 0. The Hall–Kier alpha value is -2.12. The van der Waals surface area contributed by atoms with Gasteiger partial charge in [0.05, 0.1) is 22.1 Å². The zero-order valence-electron chi connectivity index (χ0n) is 10.3. The third kappa shape index (κ3) is 1.67. The summed E-state index contributed by atoms with van der Waals surface area (Å²) in [4.78, 5) is 0. The molecule has 0 saturated carbocycles. The van der Waals surface area contributed by atoms with Crippen LogP contribution in [0.15, 0.2) is 0 Å². The predicted molar refractivity (Wildman–Crippen MR) is 62.8 cm³/mol. The van der Waals surface area contributed by atoms with E-state index in [2.05, 4.69) is 10.6 Å². The van der Waals surface area contributed by atoms with Crippen molar-refractivity contribution < 1.29 is 26.3 Å². The van der Waals surface area contributed by atoms with Gasteiger partial charge >= 0.3 is 0 Å². The monoisotopic (exact) mass is 294 g/mol. The van der Waals surface area contributed by atoms with Gasteiger partial charge in [0.2, 0.25) is 0 Å². The van der Waals surface area contributed by atoms with E-state index in [1.807, 2.05) is 0 Å². The third-order valence-corrected chi connectivity index (χ3v) is 2.90. The summed E-state index contributed by atoms with van der Waals surface area (Å²) in [6.07, 6.45) is 0. The van der Waals surface area contributed by atoms with Crippen LogP contribution in [0.4, 0.5) is 37.7 Å². The second-order valence-electron chi connectivity index (χ2n) is 3.88. The molecule has 0 aliphatic rings. The second kappa shape index (κ2) is 4.77. The number of fused-ring (bicyclic) bond motifs is 1. The number of anilines is 2. The maximum Gasteiger partial charge on any atom is 0.197 e. The van der Waals surface area contributed by atoms with Gasteiger partial charge in [0.25, 0.3) is 0 Å². The molecule has 0 saturated heterocycles. The highest BCUT2D eigenvalue weighted by Crippen LogP contribution is 2.40. The minimum atomic E-state index is -1.91. The van der Waals surface area contributed by atoms with Gasteiger partial charge in [0.15, 0.2) is 34.9 Å². The van der Waals surface area contributed by atoms with Gasteiger partial charge in [-0.1, -0.05) is 0 Å². The van der Waals surface area contributed by atoms with E-state index in [1.165, 1.54) is 0 Å². The maximum absolute atomic E-state index is 13.8. The Morgan fingerprint density at radius 2 is 0.800 bits per heavy atom. The van der Waals surface area contributed by atoms with Crippen LogP contribution >= 0.6 is 0 Å². The highest BCUT2D eigenvalue weighted by molar-refractivity contribution is 6.02. The van der Waals surface area contributed by atoms with Crippen molar-refractivity contribution in [2.45, 2.75) is 0 Å². The number of rotatable bonds is 2. The summed E-state index contributed by atoms with van der Waals surface area (Å²) >= 11 is 0. The molecule has 2 N–H and O–H groups in total. The smallest absolute Gasteiger partial charge is 0.197 e. The van der Waals surface area contributed by atoms with Crippen molar-refractivity contribution in [1.82, 2.24) is 0 Å².